The molecule has 136 valence electrons. The number of hydrogen-bond donors (Lipinski definition) is 1. The highest BCUT2D eigenvalue weighted by molar-refractivity contribution is 6.35. The molecule has 1 N–H and O–H groups in total. The number of carbonyl (C=O) groups excluding carboxylic acids is 1. The number of amides is 1. The maximum absolute atomic E-state index is 12.3. The molecule has 0 fully saturated rings. The van der Waals surface area contributed by atoms with Gasteiger partial charge < -0.3 is 10.1 Å². The van der Waals surface area contributed by atoms with Gasteiger partial charge in [0, 0.05) is 17.8 Å². The van der Waals surface area contributed by atoms with E-state index in [4.69, 9.17) is 16.3 Å². The Labute approximate surface area is 160 Å². The molecule has 0 radical (unpaired) electrons. The van der Waals surface area contributed by atoms with Gasteiger partial charge >= 0.3 is 0 Å². The summed E-state index contributed by atoms with van der Waals surface area (Å²) in [6.07, 6.45) is 3.51. The molecule has 0 aliphatic heterocycles. The standard InChI is InChI=1S/C19H16ClN5O2/c1-12(19-24-23-16-6-2-3-10-25(16)19)22-17(26)11-27-15-8-7-14(20)13-5-4-9-21-18(13)15/h2-10,12H,11H2,1H3,(H,22,26). The summed E-state index contributed by atoms with van der Waals surface area (Å²) in [6.45, 7) is 1.70. The molecule has 1 atom stereocenters. The van der Waals surface area contributed by atoms with E-state index < -0.39 is 0 Å². The fourth-order valence-electron chi connectivity index (χ4n) is 2.87. The molecule has 1 unspecified atom stereocenters. The van der Waals surface area contributed by atoms with Crippen LogP contribution in [-0.2, 0) is 4.79 Å². The lowest BCUT2D eigenvalue weighted by Crippen LogP contribution is -2.32. The third-order valence-electron chi connectivity index (χ3n) is 4.14. The number of halogens is 1. The molecule has 4 rings (SSSR count). The average Bonchev–Trinajstić information content (AvgIpc) is 3.12. The zero-order valence-corrected chi connectivity index (χ0v) is 15.2. The first-order valence-electron chi connectivity index (χ1n) is 8.38. The van der Waals surface area contributed by atoms with Gasteiger partial charge in [0.1, 0.15) is 11.3 Å². The van der Waals surface area contributed by atoms with E-state index in [1.54, 1.807) is 24.4 Å². The van der Waals surface area contributed by atoms with Crippen LogP contribution in [0.1, 0.15) is 18.8 Å². The van der Waals surface area contributed by atoms with Crippen LogP contribution in [0.25, 0.3) is 16.6 Å². The zero-order valence-electron chi connectivity index (χ0n) is 14.5. The highest BCUT2D eigenvalue weighted by atomic mass is 35.5. The first kappa shape index (κ1) is 17.2. The summed E-state index contributed by atoms with van der Waals surface area (Å²) in [5, 5.41) is 12.5. The number of benzene rings is 1. The van der Waals surface area contributed by atoms with Gasteiger partial charge in [-0.2, -0.15) is 0 Å². The number of fused-ring (bicyclic) bond motifs is 2. The van der Waals surface area contributed by atoms with E-state index >= 15 is 0 Å². The Hall–Kier alpha value is -3.19. The number of ether oxygens (including phenoxy) is 1. The highest BCUT2D eigenvalue weighted by Gasteiger charge is 2.16. The molecule has 1 aromatic carbocycles. The quantitative estimate of drug-likeness (QED) is 0.574. The maximum Gasteiger partial charge on any atom is 0.258 e. The molecular formula is C19H16ClN5O2. The zero-order chi connectivity index (χ0) is 18.8. The Morgan fingerprint density at radius 1 is 1.22 bits per heavy atom. The second kappa shape index (κ2) is 7.20. The molecule has 0 saturated carbocycles. The molecule has 8 heteroatoms. The van der Waals surface area contributed by atoms with Gasteiger partial charge in [-0.1, -0.05) is 17.7 Å². The number of aromatic nitrogens is 4. The number of nitrogens with zero attached hydrogens (tertiary/aromatic N) is 4. The van der Waals surface area contributed by atoms with Crippen LogP contribution in [0.15, 0.2) is 54.9 Å². The van der Waals surface area contributed by atoms with Crippen molar-refractivity contribution in [3.63, 3.8) is 0 Å². The van der Waals surface area contributed by atoms with Gasteiger partial charge in [-0.05, 0) is 43.3 Å². The first-order chi connectivity index (χ1) is 13.1. The number of nitrogens with one attached hydrogen (secondary N) is 1. The molecule has 0 spiro atoms. The van der Waals surface area contributed by atoms with Crippen LogP contribution in [-0.4, -0.2) is 32.1 Å². The molecule has 0 aliphatic rings. The average molecular weight is 382 g/mol. The second-order valence-electron chi connectivity index (χ2n) is 6.01. The number of pyridine rings is 2. The molecule has 7 nitrogen and oxygen atoms in total. The topological polar surface area (TPSA) is 81.4 Å². The van der Waals surface area contributed by atoms with Crippen molar-refractivity contribution in [1.29, 1.82) is 0 Å². The minimum atomic E-state index is -0.321. The van der Waals surface area contributed by atoms with Crippen molar-refractivity contribution in [3.8, 4) is 5.75 Å². The first-order valence-corrected chi connectivity index (χ1v) is 8.76. The van der Waals surface area contributed by atoms with Gasteiger partial charge in [0.25, 0.3) is 5.91 Å². The van der Waals surface area contributed by atoms with Crippen LogP contribution in [0.2, 0.25) is 5.02 Å². The van der Waals surface area contributed by atoms with Crippen molar-refractivity contribution in [2.45, 2.75) is 13.0 Å². The van der Waals surface area contributed by atoms with E-state index in [0.29, 0.717) is 22.1 Å². The van der Waals surface area contributed by atoms with Crippen LogP contribution in [0.3, 0.4) is 0 Å². The SMILES string of the molecule is CC(NC(=O)COc1ccc(Cl)c2cccnc12)c1nnc2ccccn12. The maximum atomic E-state index is 12.3. The highest BCUT2D eigenvalue weighted by Crippen LogP contribution is 2.29. The monoisotopic (exact) mass is 381 g/mol. The third kappa shape index (κ3) is 3.41. The minimum Gasteiger partial charge on any atom is -0.481 e. The van der Waals surface area contributed by atoms with Crippen LogP contribution in [0, 0.1) is 0 Å². The summed E-state index contributed by atoms with van der Waals surface area (Å²) in [6, 6.07) is 12.4. The predicted molar refractivity (Wildman–Crippen MR) is 102 cm³/mol. The van der Waals surface area contributed by atoms with Crippen molar-refractivity contribution in [3.05, 3.63) is 65.7 Å². The minimum absolute atomic E-state index is 0.144. The van der Waals surface area contributed by atoms with Crippen molar-refractivity contribution in [2.75, 3.05) is 6.61 Å². The van der Waals surface area contributed by atoms with Crippen molar-refractivity contribution >= 4 is 34.1 Å². The molecule has 0 saturated heterocycles. The van der Waals surface area contributed by atoms with Gasteiger partial charge in [-0.3, -0.25) is 14.2 Å². The molecule has 3 aromatic heterocycles. The van der Waals surface area contributed by atoms with Crippen molar-refractivity contribution in [2.24, 2.45) is 0 Å². The lowest BCUT2D eigenvalue weighted by Gasteiger charge is -2.13. The van der Waals surface area contributed by atoms with Gasteiger partial charge in [-0.15, -0.1) is 10.2 Å². The summed E-state index contributed by atoms with van der Waals surface area (Å²) in [7, 11) is 0. The summed E-state index contributed by atoms with van der Waals surface area (Å²) >= 11 is 6.18. The second-order valence-corrected chi connectivity index (χ2v) is 6.42. The molecular weight excluding hydrogens is 366 g/mol. The Morgan fingerprint density at radius 3 is 3.00 bits per heavy atom. The molecule has 0 aliphatic carbocycles. The summed E-state index contributed by atoms with van der Waals surface area (Å²) < 4.78 is 7.50. The van der Waals surface area contributed by atoms with E-state index in [2.05, 4.69) is 20.5 Å². The van der Waals surface area contributed by atoms with Gasteiger partial charge in [0.05, 0.1) is 11.1 Å². The summed E-state index contributed by atoms with van der Waals surface area (Å²) in [5.74, 6) is 0.887. The lowest BCUT2D eigenvalue weighted by atomic mass is 10.2. The number of hydrogen-bond acceptors (Lipinski definition) is 5. The molecule has 27 heavy (non-hydrogen) atoms. The van der Waals surface area contributed by atoms with Gasteiger partial charge in [0.15, 0.2) is 18.1 Å². The summed E-state index contributed by atoms with van der Waals surface area (Å²) in [5.41, 5.74) is 1.35. The Kier molecular flexibility index (Phi) is 4.60. The predicted octanol–water partition coefficient (Wildman–Crippen LogP) is 3.19. The van der Waals surface area contributed by atoms with Crippen LogP contribution in [0.4, 0.5) is 0 Å². The van der Waals surface area contributed by atoms with Crippen LogP contribution in [0.5, 0.6) is 5.75 Å². The van der Waals surface area contributed by atoms with Crippen molar-refractivity contribution < 1.29 is 9.53 Å². The summed E-state index contributed by atoms with van der Waals surface area (Å²) in [4.78, 5) is 16.6. The number of rotatable bonds is 5. The van der Waals surface area contributed by atoms with Crippen molar-refractivity contribution in [1.82, 2.24) is 24.9 Å². The largest absolute Gasteiger partial charge is 0.481 e. The normalized spacial score (nSPS) is 12.2. The Balaban J connectivity index is 1.45. The fourth-order valence-corrected chi connectivity index (χ4v) is 3.09. The van der Waals surface area contributed by atoms with E-state index in [1.165, 1.54) is 0 Å². The Morgan fingerprint density at radius 2 is 2.11 bits per heavy atom. The van der Waals surface area contributed by atoms with E-state index in [9.17, 15) is 4.79 Å². The van der Waals surface area contributed by atoms with Gasteiger partial charge in [-0.25, -0.2) is 0 Å². The molecule has 1 amide bonds. The van der Waals surface area contributed by atoms with Gasteiger partial charge in [0.2, 0.25) is 0 Å². The van der Waals surface area contributed by atoms with E-state index in [0.717, 1.165) is 11.0 Å². The molecule has 3 heterocycles. The Bertz CT molecular complexity index is 1130. The lowest BCUT2D eigenvalue weighted by molar-refractivity contribution is -0.123. The third-order valence-corrected chi connectivity index (χ3v) is 4.47. The van der Waals surface area contributed by atoms with Crippen LogP contribution >= 0.6 is 11.6 Å². The van der Waals surface area contributed by atoms with E-state index in [1.807, 2.05) is 41.8 Å². The smallest absolute Gasteiger partial charge is 0.258 e. The molecule has 4 aromatic rings. The fraction of sp³-hybridized carbons (Fsp3) is 0.158. The number of carbonyl (C=O) groups is 1. The molecule has 0 bridgehead atoms. The van der Waals surface area contributed by atoms with E-state index in [-0.39, 0.29) is 18.6 Å². The van der Waals surface area contributed by atoms with Crippen LogP contribution < -0.4 is 10.1 Å².